The van der Waals surface area contributed by atoms with Gasteiger partial charge in [-0.2, -0.15) is 12.6 Å². The molecule has 100 valence electrons. The van der Waals surface area contributed by atoms with E-state index in [2.05, 4.69) is 12.6 Å². The van der Waals surface area contributed by atoms with Gasteiger partial charge in [-0.25, -0.2) is 8.78 Å². The molecule has 1 aromatic carbocycles. The summed E-state index contributed by atoms with van der Waals surface area (Å²) in [6.45, 7) is 0. The lowest BCUT2D eigenvalue weighted by molar-refractivity contribution is -0.386. The Morgan fingerprint density at radius 2 is 1.89 bits per heavy atom. The lowest BCUT2D eigenvalue weighted by atomic mass is 10.0. The Morgan fingerprint density at radius 3 is 2.39 bits per heavy atom. The van der Waals surface area contributed by atoms with Crippen LogP contribution < -0.4 is 0 Å². The summed E-state index contributed by atoms with van der Waals surface area (Å²) in [5.74, 6) is -2.48. The molecule has 1 aromatic rings. The molecule has 0 aliphatic heterocycles. The summed E-state index contributed by atoms with van der Waals surface area (Å²) >= 11 is 3.83. The van der Waals surface area contributed by atoms with Crippen molar-refractivity contribution < 1.29 is 23.9 Å². The van der Waals surface area contributed by atoms with E-state index in [9.17, 15) is 29.1 Å². The van der Waals surface area contributed by atoms with Crippen molar-refractivity contribution in [2.45, 2.75) is 18.6 Å². The molecule has 8 heteroatoms. The van der Waals surface area contributed by atoms with Crippen molar-refractivity contribution in [2.24, 2.45) is 0 Å². The molecule has 0 saturated heterocycles. The van der Waals surface area contributed by atoms with Crippen LogP contribution in [-0.4, -0.2) is 27.0 Å². The van der Waals surface area contributed by atoms with Crippen molar-refractivity contribution in [3.63, 3.8) is 0 Å². The largest absolute Gasteiger partial charge is 0.390 e. The SMILES string of the molecule is O=[N+]([O-])c1cc(F)c(F)cc1C(O)C(O)CCS. The van der Waals surface area contributed by atoms with Crippen LogP contribution >= 0.6 is 12.6 Å². The average Bonchev–Trinajstić information content (AvgIpc) is 2.31. The Labute approximate surface area is 107 Å². The lowest BCUT2D eigenvalue weighted by Gasteiger charge is -2.17. The first-order valence-corrected chi connectivity index (χ1v) is 5.62. The zero-order valence-electron chi connectivity index (χ0n) is 9.08. The number of thiol groups is 1. The molecule has 0 saturated carbocycles. The maximum absolute atomic E-state index is 13.0. The molecule has 0 aliphatic carbocycles. The minimum Gasteiger partial charge on any atom is -0.390 e. The van der Waals surface area contributed by atoms with Crippen molar-refractivity contribution >= 4 is 18.3 Å². The van der Waals surface area contributed by atoms with Crippen LogP contribution in [0.4, 0.5) is 14.5 Å². The van der Waals surface area contributed by atoms with Crippen LogP contribution in [0.25, 0.3) is 0 Å². The zero-order valence-corrected chi connectivity index (χ0v) is 9.98. The van der Waals surface area contributed by atoms with Gasteiger partial charge in [0.15, 0.2) is 11.6 Å². The second kappa shape index (κ2) is 6.07. The highest BCUT2D eigenvalue weighted by Crippen LogP contribution is 2.30. The molecule has 5 nitrogen and oxygen atoms in total. The Hall–Kier alpha value is -1.25. The number of hydrogen-bond donors (Lipinski definition) is 3. The van der Waals surface area contributed by atoms with Crippen LogP contribution in [0.2, 0.25) is 0 Å². The van der Waals surface area contributed by atoms with Gasteiger partial charge in [0, 0.05) is 0 Å². The van der Waals surface area contributed by atoms with E-state index in [4.69, 9.17) is 0 Å². The first-order chi connectivity index (χ1) is 8.38. The highest BCUT2D eigenvalue weighted by molar-refractivity contribution is 7.80. The van der Waals surface area contributed by atoms with Gasteiger partial charge in [0.25, 0.3) is 5.69 Å². The fourth-order valence-corrected chi connectivity index (χ4v) is 1.71. The van der Waals surface area contributed by atoms with E-state index in [1.165, 1.54) is 0 Å². The molecule has 1 rings (SSSR count). The smallest absolute Gasteiger partial charge is 0.278 e. The number of aliphatic hydroxyl groups excluding tert-OH is 2. The van der Waals surface area contributed by atoms with Crippen molar-refractivity contribution in [2.75, 3.05) is 5.75 Å². The molecule has 0 amide bonds. The summed E-state index contributed by atoms with van der Waals surface area (Å²) < 4.78 is 25.9. The second-order valence-corrected chi connectivity index (χ2v) is 4.05. The molecule has 0 bridgehead atoms. The predicted molar refractivity (Wildman–Crippen MR) is 62.4 cm³/mol. The molecule has 2 unspecified atom stereocenters. The van der Waals surface area contributed by atoms with Crippen LogP contribution in [0.3, 0.4) is 0 Å². The Balaban J connectivity index is 3.21. The van der Waals surface area contributed by atoms with Crippen molar-refractivity contribution in [1.29, 1.82) is 0 Å². The molecule has 18 heavy (non-hydrogen) atoms. The summed E-state index contributed by atoms with van der Waals surface area (Å²) in [5, 5.41) is 29.9. The fraction of sp³-hybridized carbons (Fsp3) is 0.400. The number of rotatable bonds is 5. The number of nitrogens with zero attached hydrogens (tertiary/aromatic N) is 1. The highest BCUT2D eigenvalue weighted by atomic mass is 32.1. The molecular weight excluding hydrogens is 268 g/mol. The van der Waals surface area contributed by atoms with Crippen molar-refractivity contribution in [3.8, 4) is 0 Å². The van der Waals surface area contributed by atoms with Crippen LogP contribution in [0.5, 0.6) is 0 Å². The van der Waals surface area contributed by atoms with Gasteiger partial charge in [-0.15, -0.1) is 0 Å². The number of nitro groups is 1. The molecule has 0 aromatic heterocycles. The number of nitro benzene ring substituents is 1. The minimum absolute atomic E-state index is 0.0560. The van der Waals surface area contributed by atoms with Gasteiger partial charge in [0.1, 0.15) is 6.10 Å². The normalized spacial score (nSPS) is 14.3. The van der Waals surface area contributed by atoms with Crippen LogP contribution in [0.1, 0.15) is 18.1 Å². The van der Waals surface area contributed by atoms with E-state index in [0.717, 1.165) is 0 Å². The summed E-state index contributed by atoms with van der Waals surface area (Å²) in [4.78, 5) is 9.73. The summed E-state index contributed by atoms with van der Waals surface area (Å²) in [6, 6.07) is 0.890. The minimum atomic E-state index is -1.67. The summed E-state index contributed by atoms with van der Waals surface area (Å²) in [6.07, 6.45) is -2.96. The summed E-state index contributed by atoms with van der Waals surface area (Å²) in [5.41, 5.74) is -1.24. The zero-order chi connectivity index (χ0) is 13.9. The molecular formula is C10H11F2NO4S. The number of halogens is 2. The Morgan fingerprint density at radius 1 is 1.33 bits per heavy atom. The third kappa shape index (κ3) is 3.15. The van der Waals surface area contributed by atoms with Gasteiger partial charge >= 0.3 is 0 Å². The fourth-order valence-electron chi connectivity index (χ4n) is 1.44. The van der Waals surface area contributed by atoms with Gasteiger partial charge in [0.05, 0.1) is 22.7 Å². The molecule has 0 spiro atoms. The topological polar surface area (TPSA) is 83.6 Å². The van der Waals surface area contributed by atoms with Gasteiger partial charge in [-0.05, 0) is 18.2 Å². The average molecular weight is 279 g/mol. The van der Waals surface area contributed by atoms with Gasteiger partial charge < -0.3 is 10.2 Å². The summed E-state index contributed by atoms with van der Waals surface area (Å²) in [7, 11) is 0. The van der Waals surface area contributed by atoms with E-state index >= 15 is 0 Å². The number of hydrogen-bond acceptors (Lipinski definition) is 5. The Kier molecular flexibility index (Phi) is 5.00. The number of benzene rings is 1. The molecule has 2 atom stereocenters. The van der Waals surface area contributed by atoms with Crippen LogP contribution in [-0.2, 0) is 0 Å². The molecule has 0 heterocycles. The maximum Gasteiger partial charge on any atom is 0.278 e. The van der Waals surface area contributed by atoms with E-state index in [1.807, 2.05) is 0 Å². The molecule has 0 radical (unpaired) electrons. The van der Waals surface area contributed by atoms with Crippen molar-refractivity contribution in [1.82, 2.24) is 0 Å². The molecule has 2 N–H and O–H groups in total. The van der Waals surface area contributed by atoms with Gasteiger partial charge in [-0.3, -0.25) is 10.1 Å². The first-order valence-electron chi connectivity index (χ1n) is 4.98. The third-order valence-corrected chi connectivity index (χ3v) is 2.63. The first kappa shape index (κ1) is 14.8. The van der Waals surface area contributed by atoms with E-state index in [0.29, 0.717) is 12.1 Å². The van der Waals surface area contributed by atoms with Gasteiger partial charge in [0.2, 0.25) is 0 Å². The highest BCUT2D eigenvalue weighted by Gasteiger charge is 2.28. The van der Waals surface area contributed by atoms with E-state index < -0.39 is 40.0 Å². The predicted octanol–water partition coefficient (Wildman–Crippen LogP) is 1.59. The number of aliphatic hydroxyl groups is 2. The molecule has 0 aliphatic rings. The third-order valence-electron chi connectivity index (χ3n) is 2.37. The quantitative estimate of drug-likeness (QED) is 0.434. The maximum atomic E-state index is 13.0. The lowest BCUT2D eigenvalue weighted by Crippen LogP contribution is -2.20. The van der Waals surface area contributed by atoms with Crippen LogP contribution in [0, 0.1) is 21.7 Å². The standard InChI is InChI=1S/C10H11F2NO4S/c11-6-3-5(10(15)9(14)1-2-18)8(13(16)17)4-7(6)12/h3-4,9-10,14-15,18H,1-2H2. The Bertz CT molecular complexity index is 458. The van der Waals surface area contributed by atoms with Crippen LogP contribution in [0.15, 0.2) is 12.1 Å². The van der Waals surface area contributed by atoms with Crippen molar-refractivity contribution in [3.05, 3.63) is 39.4 Å². The van der Waals surface area contributed by atoms with E-state index in [1.54, 1.807) is 0 Å². The van der Waals surface area contributed by atoms with Gasteiger partial charge in [-0.1, -0.05) is 0 Å². The second-order valence-electron chi connectivity index (χ2n) is 3.61. The van der Waals surface area contributed by atoms with E-state index in [-0.39, 0.29) is 12.2 Å². The molecule has 0 fully saturated rings. The monoisotopic (exact) mass is 279 g/mol.